The van der Waals surface area contributed by atoms with Gasteiger partial charge in [-0.15, -0.1) is 0 Å². The highest BCUT2D eigenvalue weighted by molar-refractivity contribution is 14.1. The summed E-state index contributed by atoms with van der Waals surface area (Å²) in [6.45, 7) is 3.68. The van der Waals surface area contributed by atoms with E-state index in [1.165, 1.54) is 4.68 Å². The maximum absolute atomic E-state index is 13.5. The van der Waals surface area contributed by atoms with E-state index >= 15 is 0 Å². The lowest BCUT2D eigenvalue weighted by molar-refractivity contribution is 0.0530. The molecule has 2 aromatic carbocycles. The number of benzene rings is 2. The average Bonchev–Trinajstić information content (AvgIpc) is 3.48. The van der Waals surface area contributed by atoms with Gasteiger partial charge in [-0.05, 0) is 77.1 Å². The van der Waals surface area contributed by atoms with E-state index in [0.717, 1.165) is 40.6 Å². The van der Waals surface area contributed by atoms with Crippen molar-refractivity contribution in [2.75, 3.05) is 13.1 Å². The van der Waals surface area contributed by atoms with Crippen molar-refractivity contribution in [3.63, 3.8) is 0 Å². The molecule has 7 heteroatoms. The lowest BCUT2D eigenvalue weighted by Gasteiger charge is -2.37. The number of hydrogen-bond acceptors (Lipinski definition) is 3. The molecule has 148 valence electrons. The number of halogens is 2. The van der Waals surface area contributed by atoms with E-state index in [1.54, 1.807) is 12.1 Å². The van der Waals surface area contributed by atoms with Gasteiger partial charge in [0.15, 0.2) is 0 Å². The standard InChI is InChI=1S/C22H19ClIN3O2/c1-12-10-26(11-12)21(28)14-7-8-16-18(9-14)27(25-20(16)24)22(29)19-15(13-5-6-13)3-2-4-17(19)23/h2-4,7-9,12-13H,5-6,10-11H2,1H3. The second-order valence-electron chi connectivity index (χ2n) is 8.03. The molecule has 5 rings (SSSR count). The van der Waals surface area contributed by atoms with Crippen LogP contribution in [0, 0.1) is 9.62 Å². The van der Waals surface area contributed by atoms with Gasteiger partial charge in [0.05, 0.1) is 16.1 Å². The molecule has 29 heavy (non-hydrogen) atoms. The molecule has 3 aromatic rings. The Bertz CT molecular complexity index is 1160. The van der Waals surface area contributed by atoms with Gasteiger partial charge >= 0.3 is 0 Å². The molecule has 0 N–H and O–H groups in total. The topological polar surface area (TPSA) is 55.2 Å². The number of likely N-dealkylation sites (tertiary alicyclic amines) is 1. The zero-order valence-electron chi connectivity index (χ0n) is 15.9. The fourth-order valence-electron chi connectivity index (χ4n) is 4.02. The summed E-state index contributed by atoms with van der Waals surface area (Å²) in [7, 11) is 0. The average molecular weight is 520 g/mol. The first-order valence-electron chi connectivity index (χ1n) is 9.74. The van der Waals surface area contributed by atoms with E-state index in [0.29, 0.717) is 33.5 Å². The molecule has 0 radical (unpaired) electrons. The smallest absolute Gasteiger partial charge is 0.280 e. The maximum Gasteiger partial charge on any atom is 0.280 e. The third kappa shape index (κ3) is 3.26. The van der Waals surface area contributed by atoms with Crippen LogP contribution in [-0.4, -0.2) is 39.6 Å². The predicted octanol–water partition coefficient (Wildman–Crippen LogP) is 4.95. The van der Waals surface area contributed by atoms with E-state index in [1.807, 2.05) is 29.2 Å². The van der Waals surface area contributed by atoms with Crippen molar-refractivity contribution >= 4 is 56.9 Å². The number of rotatable bonds is 3. The summed E-state index contributed by atoms with van der Waals surface area (Å²) in [5, 5.41) is 5.79. The van der Waals surface area contributed by atoms with Crippen LogP contribution >= 0.6 is 34.2 Å². The molecule has 1 saturated heterocycles. The van der Waals surface area contributed by atoms with Gasteiger partial charge in [-0.1, -0.05) is 30.7 Å². The van der Waals surface area contributed by atoms with Crippen LogP contribution in [0.4, 0.5) is 0 Å². The zero-order valence-corrected chi connectivity index (χ0v) is 18.8. The Morgan fingerprint density at radius 3 is 2.59 bits per heavy atom. The monoisotopic (exact) mass is 519 g/mol. The normalized spacial score (nSPS) is 16.9. The molecule has 0 bridgehead atoms. The van der Waals surface area contributed by atoms with Crippen molar-refractivity contribution in [1.29, 1.82) is 0 Å². The molecule has 1 aromatic heterocycles. The Balaban J connectivity index is 1.59. The first-order chi connectivity index (χ1) is 13.9. The summed E-state index contributed by atoms with van der Waals surface area (Å²) in [4.78, 5) is 28.1. The van der Waals surface area contributed by atoms with Crippen molar-refractivity contribution in [3.8, 4) is 0 Å². The first kappa shape index (κ1) is 19.1. The van der Waals surface area contributed by atoms with Crippen molar-refractivity contribution in [3.05, 3.63) is 61.8 Å². The Hall–Kier alpha value is -1.93. The van der Waals surface area contributed by atoms with E-state index in [2.05, 4.69) is 34.6 Å². The highest BCUT2D eigenvalue weighted by Gasteiger charge is 2.31. The molecule has 1 amide bonds. The SMILES string of the molecule is CC1CN(C(=O)c2ccc3c(I)nn(C(=O)c4c(Cl)cccc4C4CC4)c3c2)C1. The molecule has 1 aliphatic heterocycles. The summed E-state index contributed by atoms with van der Waals surface area (Å²) >= 11 is 8.57. The predicted molar refractivity (Wildman–Crippen MR) is 121 cm³/mol. The molecule has 2 aliphatic rings. The fraction of sp³-hybridized carbons (Fsp3) is 0.318. The van der Waals surface area contributed by atoms with Crippen LogP contribution in [0.15, 0.2) is 36.4 Å². The van der Waals surface area contributed by atoms with E-state index in [4.69, 9.17) is 11.6 Å². The minimum absolute atomic E-state index is 0.00313. The van der Waals surface area contributed by atoms with Crippen molar-refractivity contribution in [2.24, 2.45) is 5.92 Å². The van der Waals surface area contributed by atoms with Gasteiger partial charge in [-0.25, -0.2) is 0 Å². The van der Waals surface area contributed by atoms with Crippen molar-refractivity contribution in [2.45, 2.75) is 25.7 Å². The highest BCUT2D eigenvalue weighted by Crippen LogP contribution is 2.43. The highest BCUT2D eigenvalue weighted by atomic mass is 127. The lowest BCUT2D eigenvalue weighted by Crippen LogP contribution is -2.48. The number of hydrogen-bond donors (Lipinski definition) is 0. The van der Waals surface area contributed by atoms with Gasteiger partial charge < -0.3 is 4.90 Å². The molecular weight excluding hydrogens is 501 g/mol. The second-order valence-corrected chi connectivity index (χ2v) is 9.46. The number of nitrogens with zero attached hydrogens (tertiary/aromatic N) is 3. The summed E-state index contributed by atoms with van der Waals surface area (Å²) < 4.78 is 2.13. The largest absolute Gasteiger partial charge is 0.338 e. The maximum atomic E-state index is 13.5. The summed E-state index contributed by atoms with van der Waals surface area (Å²) in [5.74, 6) is 0.681. The summed E-state index contributed by atoms with van der Waals surface area (Å²) in [6.07, 6.45) is 2.15. The Kier molecular flexibility index (Phi) is 4.66. The number of carbonyl (C=O) groups excluding carboxylic acids is 2. The third-order valence-electron chi connectivity index (χ3n) is 5.70. The van der Waals surface area contributed by atoms with Gasteiger partial charge in [0, 0.05) is 24.0 Å². The van der Waals surface area contributed by atoms with Gasteiger partial charge in [0.1, 0.15) is 3.70 Å². The lowest BCUT2D eigenvalue weighted by atomic mass is 10.0. The number of amides is 1. The van der Waals surface area contributed by atoms with Crippen LogP contribution in [0.25, 0.3) is 10.9 Å². The van der Waals surface area contributed by atoms with Crippen molar-refractivity contribution < 1.29 is 9.59 Å². The fourth-order valence-corrected chi connectivity index (χ4v) is 4.95. The number of aromatic nitrogens is 2. The Labute approximate surface area is 187 Å². The second kappa shape index (κ2) is 7.09. The summed E-state index contributed by atoms with van der Waals surface area (Å²) in [5.41, 5.74) is 2.73. The van der Waals surface area contributed by atoms with Crippen LogP contribution in [0.3, 0.4) is 0 Å². The molecule has 1 saturated carbocycles. The van der Waals surface area contributed by atoms with Gasteiger partial charge in [0.2, 0.25) is 0 Å². The van der Waals surface area contributed by atoms with Gasteiger partial charge in [-0.3, -0.25) is 9.59 Å². The van der Waals surface area contributed by atoms with Gasteiger partial charge in [-0.2, -0.15) is 9.78 Å². The van der Waals surface area contributed by atoms with E-state index in [9.17, 15) is 9.59 Å². The molecule has 1 aliphatic carbocycles. The number of fused-ring (bicyclic) bond motifs is 1. The molecule has 0 unspecified atom stereocenters. The molecule has 0 spiro atoms. The molecule has 0 atom stereocenters. The van der Waals surface area contributed by atoms with Crippen LogP contribution in [0.1, 0.15) is 52.0 Å². The molecule has 2 fully saturated rings. The van der Waals surface area contributed by atoms with Crippen molar-refractivity contribution in [1.82, 2.24) is 14.7 Å². The summed E-state index contributed by atoms with van der Waals surface area (Å²) in [6, 6.07) is 11.1. The van der Waals surface area contributed by atoms with Crippen LogP contribution in [-0.2, 0) is 0 Å². The zero-order chi connectivity index (χ0) is 20.3. The van der Waals surface area contributed by atoms with Crippen LogP contribution < -0.4 is 0 Å². The number of carbonyl (C=O) groups is 2. The minimum Gasteiger partial charge on any atom is -0.338 e. The Morgan fingerprint density at radius 2 is 1.90 bits per heavy atom. The first-order valence-corrected chi connectivity index (χ1v) is 11.2. The van der Waals surface area contributed by atoms with Gasteiger partial charge in [0.25, 0.3) is 11.8 Å². The quantitative estimate of drug-likeness (QED) is 0.460. The molecule has 5 nitrogen and oxygen atoms in total. The van der Waals surface area contributed by atoms with Crippen LogP contribution in [0.5, 0.6) is 0 Å². The van der Waals surface area contributed by atoms with E-state index < -0.39 is 0 Å². The Morgan fingerprint density at radius 1 is 1.14 bits per heavy atom. The molecule has 2 heterocycles. The third-order valence-corrected chi connectivity index (χ3v) is 6.82. The van der Waals surface area contributed by atoms with Crippen LogP contribution in [0.2, 0.25) is 5.02 Å². The minimum atomic E-state index is -0.243. The molecular formula is C22H19ClIN3O2. The van der Waals surface area contributed by atoms with E-state index in [-0.39, 0.29) is 11.8 Å².